The van der Waals surface area contributed by atoms with E-state index in [-0.39, 0.29) is 5.82 Å². The van der Waals surface area contributed by atoms with Gasteiger partial charge in [-0.25, -0.2) is 14.2 Å². The van der Waals surface area contributed by atoms with Crippen LogP contribution in [0.25, 0.3) is 45.1 Å². The second-order valence-corrected chi connectivity index (χ2v) is 7.57. The van der Waals surface area contributed by atoms with Gasteiger partial charge in [-0.05, 0) is 47.5 Å². The van der Waals surface area contributed by atoms with Crippen LogP contribution in [0.2, 0.25) is 0 Å². The first-order chi connectivity index (χ1) is 16.5. The fraction of sp³-hybridized carbons (Fsp3) is 0.120. The summed E-state index contributed by atoms with van der Waals surface area (Å²) in [7, 11) is 4.60. The summed E-state index contributed by atoms with van der Waals surface area (Å²) in [6.45, 7) is 0. The number of ether oxygens (including phenoxy) is 2. The normalized spacial score (nSPS) is 11.1. The molecule has 2 aromatic heterocycles. The average Bonchev–Trinajstić information content (AvgIpc) is 3.49. The lowest BCUT2D eigenvalue weighted by Gasteiger charge is -2.10. The summed E-state index contributed by atoms with van der Waals surface area (Å²) in [6, 6.07) is 15.2. The van der Waals surface area contributed by atoms with Gasteiger partial charge in [0.15, 0.2) is 17.2 Å². The molecule has 0 spiro atoms. The number of methoxy groups -OCH3 is 2. The Labute approximate surface area is 193 Å². The van der Waals surface area contributed by atoms with E-state index in [4.69, 9.17) is 13.9 Å². The Balaban J connectivity index is 1.63. The largest absolute Gasteiger partial charge is 0.493 e. The van der Waals surface area contributed by atoms with Gasteiger partial charge in [-0.3, -0.25) is 0 Å². The van der Waals surface area contributed by atoms with Crippen LogP contribution in [0.3, 0.4) is 0 Å². The number of hydrogen-bond acceptors (Lipinski definition) is 7. The SMILES string of the molecule is COC(=O)c1cc(OC)c2oc(-c3cccc(-c4ccc(F)cc4-c4nncn4C)c3)nc2c1. The van der Waals surface area contributed by atoms with Crippen molar-refractivity contribution >= 4 is 17.1 Å². The summed E-state index contributed by atoms with van der Waals surface area (Å²) in [4.78, 5) is 16.6. The first kappa shape index (κ1) is 21.3. The lowest BCUT2D eigenvalue weighted by Crippen LogP contribution is -2.01. The Morgan fingerprint density at radius 1 is 1.03 bits per heavy atom. The fourth-order valence-corrected chi connectivity index (χ4v) is 3.81. The number of carbonyl (C=O) groups is 1. The molecule has 0 aliphatic heterocycles. The van der Waals surface area contributed by atoms with Gasteiger partial charge >= 0.3 is 5.97 Å². The van der Waals surface area contributed by atoms with Crippen LogP contribution >= 0.6 is 0 Å². The maximum atomic E-state index is 14.1. The topological polar surface area (TPSA) is 92.3 Å². The molecule has 0 saturated carbocycles. The van der Waals surface area contributed by atoms with Crippen molar-refractivity contribution < 1.29 is 23.1 Å². The van der Waals surface area contributed by atoms with E-state index < -0.39 is 5.97 Å². The molecule has 5 rings (SSSR count). The monoisotopic (exact) mass is 458 g/mol. The van der Waals surface area contributed by atoms with Crippen LogP contribution in [0.1, 0.15) is 10.4 Å². The molecule has 0 bridgehead atoms. The standard InChI is InChI=1S/C25H19FN4O4/c1-30-13-27-29-23(30)19-12-17(26)7-8-18(19)14-5-4-6-15(9-14)24-28-20-10-16(25(31)33-3)11-21(32-2)22(20)34-24/h4-13H,1-3H3. The average molecular weight is 458 g/mol. The Morgan fingerprint density at radius 2 is 1.85 bits per heavy atom. The van der Waals surface area contributed by atoms with E-state index in [0.717, 1.165) is 11.1 Å². The molecule has 0 amide bonds. The van der Waals surface area contributed by atoms with Crippen molar-refractivity contribution in [2.75, 3.05) is 14.2 Å². The van der Waals surface area contributed by atoms with Gasteiger partial charge in [0, 0.05) is 18.2 Å². The predicted octanol–water partition coefficient (Wildman–Crippen LogP) is 4.89. The second-order valence-electron chi connectivity index (χ2n) is 7.57. The summed E-state index contributed by atoms with van der Waals surface area (Å²) in [6.07, 6.45) is 1.56. The zero-order valence-corrected chi connectivity index (χ0v) is 18.6. The van der Waals surface area contributed by atoms with Gasteiger partial charge in [0.05, 0.1) is 19.8 Å². The van der Waals surface area contributed by atoms with E-state index in [1.807, 2.05) is 24.3 Å². The Kier molecular flexibility index (Phi) is 5.29. The van der Waals surface area contributed by atoms with Gasteiger partial charge in [-0.2, -0.15) is 0 Å². The van der Waals surface area contributed by atoms with Gasteiger partial charge in [-0.1, -0.05) is 18.2 Å². The number of nitrogens with zero attached hydrogens (tertiary/aromatic N) is 4. The van der Waals surface area contributed by atoms with E-state index >= 15 is 0 Å². The Hall–Kier alpha value is -4.53. The highest BCUT2D eigenvalue weighted by molar-refractivity contribution is 5.96. The van der Waals surface area contributed by atoms with E-state index in [9.17, 15) is 9.18 Å². The van der Waals surface area contributed by atoms with E-state index in [0.29, 0.717) is 45.3 Å². The van der Waals surface area contributed by atoms with Crippen molar-refractivity contribution in [3.8, 4) is 39.7 Å². The summed E-state index contributed by atoms with van der Waals surface area (Å²) < 4.78 is 32.0. The predicted molar refractivity (Wildman–Crippen MR) is 123 cm³/mol. The highest BCUT2D eigenvalue weighted by Gasteiger charge is 2.19. The summed E-state index contributed by atoms with van der Waals surface area (Å²) in [5, 5.41) is 8.05. The molecule has 0 aliphatic carbocycles. The zero-order chi connectivity index (χ0) is 23.8. The molecule has 0 aliphatic rings. The number of oxazole rings is 1. The van der Waals surface area contributed by atoms with Crippen molar-refractivity contribution in [1.29, 1.82) is 0 Å². The van der Waals surface area contributed by atoms with E-state index in [1.54, 1.807) is 36.1 Å². The number of benzene rings is 3. The summed E-state index contributed by atoms with van der Waals surface area (Å²) >= 11 is 0. The molecule has 8 nitrogen and oxygen atoms in total. The van der Waals surface area contributed by atoms with E-state index in [1.165, 1.54) is 26.4 Å². The molecule has 0 radical (unpaired) electrons. The van der Waals surface area contributed by atoms with Gasteiger partial charge in [-0.15, -0.1) is 10.2 Å². The minimum absolute atomic E-state index is 0.306. The number of hydrogen-bond donors (Lipinski definition) is 0. The first-order valence-corrected chi connectivity index (χ1v) is 10.3. The minimum Gasteiger partial charge on any atom is -0.493 e. The molecular weight excluding hydrogens is 439 g/mol. The number of rotatable bonds is 5. The van der Waals surface area contributed by atoms with Crippen molar-refractivity contribution in [3.05, 3.63) is 72.3 Å². The van der Waals surface area contributed by atoms with Gasteiger partial charge in [0.25, 0.3) is 0 Å². The zero-order valence-electron chi connectivity index (χ0n) is 18.6. The fourth-order valence-electron chi connectivity index (χ4n) is 3.81. The minimum atomic E-state index is -0.501. The van der Waals surface area contributed by atoms with Gasteiger partial charge in [0.2, 0.25) is 5.89 Å². The third-order valence-corrected chi connectivity index (χ3v) is 5.45. The summed E-state index contributed by atoms with van der Waals surface area (Å²) in [5.41, 5.74) is 4.09. The number of aromatic nitrogens is 4. The van der Waals surface area contributed by atoms with Crippen LogP contribution in [-0.2, 0) is 11.8 Å². The quantitative estimate of drug-likeness (QED) is 0.346. The number of aryl methyl sites for hydroxylation is 1. The third kappa shape index (κ3) is 3.66. The molecule has 0 N–H and O–H groups in total. The lowest BCUT2D eigenvalue weighted by atomic mass is 9.97. The molecule has 5 aromatic rings. The Morgan fingerprint density at radius 3 is 2.59 bits per heavy atom. The number of carbonyl (C=O) groups excluding carboxylic acids is 1. The van der Waals surface area contributed by atoms with Crippen molar-refractivity contribution in [1.82, 2.24) is 19.7 Å². The van der Waals surface area contributed by atoms with Crippen LogP contribution in [0.15, 0.2) is 65.3 Å². The number of fused-ring (bicyclic) bond motifs is 1. The molecule has 0 saturated heterocycles. The molecule has 34 heavy (non-hydrogen) atoms. The first-order valence-electron chi connectivity index (χ1n) is 10.3. The molecule has 2 heterocycles. The molecule has 0 unspecified atom stereocenters. The van der Waals surface area contributed by atoms with Crippen LogP contribution in [0, 0.1) is 5.82 Å². The second kappa shape index (κ2) is 8.43. The third-order valence-electron chi connectivity index (χ3n) is 5.45. The molecule has 9 heteroatoms. The number of esters is 1. The molecule has 3 aromatic carbocycles. The molecule has 0 atom stereocenters. The molecule has 0 fully saturated rings. The lowest BCUT2D eigenvalue weighted by molar-refractivity contribution is 0.0600. The van der Waals surface area contributed by atoms with Crippen molar-refractivity contribution in [2.45, 2.75) is 0 Å². The maximum absolute atomic E-state index is 14.1. The highest BCUT2D eigenvalue weighted by atomic mass is 19.1. The molecule has 170 valence electrons. The van der Waals surface area contributed by atoms with Crippen LogP contribution in [0.5, 0.6) is 5.75 Å². The van der Waals surface area contributed by atoms with Crippen LogP contribution in [0.4, 0.5) is 4.39 Å². The summed E-state index contributed by atoms with van der Waals surface area (Å²) in [5.74, 6) is 0.391. The number of halogens is 1. The Bertz CT molecular complexity index is 1540. The van der Waals surface area contributed by atoms with Crippen molar-refractivity contribution in [3.63, 3.8) is 0 Å². The highest BCUT2D eigenvalue weighted by Crippen LogP contribution is 2.36. The maximum Gasteiger partial charge on any atom is 0.338 e. The van der Waals surface area contributed by atoms with Gasteiger partial charge < -0.3 is 18.5 Å². The van der Waals surface area contributed by atoms with Crippen LogP contribution in [-0.4, -0.2) is 39.9 Å². The van der Waals surface area contributed by atoms with Gasteiger partial charge in [0.1, 0.15) is 17.7 Å². The van der Waals surface area contributed by atoms with Crippen LogP contribution < -0.4 is 4.74 Å². The smallest absolute Gasteiger partial charge is 0.338 e. The van der Waals surface area contributed by atoms with E-state index in [2.05, 4.69) is 15.2 Å². The van der Waals surface area contributed by atoms with Crippen molar-refractivity contribution in [2.24, 2.45) is 7.05 Å². The molecular formula is C25H19FN4O4.